The maximum absolute atomic E-state index is 12.2. The van der Waals surface area contributed by atoms with Crippen LogP contribution in [0.1, 0.15) is 6.42 Å². The Bertz CT molecular complexity index is 868. The number of nitrogens with zero attached hydrogens (tertiary/aromatic N) is 1. The Hall–Kier alpha value is -3.26. The van der Waals surface area contributed by atoms with E-state index in [4.69, 9.17) is 9.47 Å². The number of para-hydroxylation sites is 3. The van der Waals surface area contributed by atoms with Gasteiger partial charge < -0.3 is 19.3 Å². The summed E-state index contributed by atoms with van der Waals surface area (Å²) in [6.45, 7) is 4.76. The van der Waals surface area contributed by atoms with Gasteiger partial charge in [-0.15, -0.1) is 0 Å². The van der Waals surface area contributed by atoms with Crippen molar-refractivity contribution in [3.8, 4) is 11.5 Å². The van der Waals surface area contributed by atoms with E-state index < -0.39 is 12.0 Å². The number of hydrogen-bond donors (Lipinski definition) is 3. The Balaban J connectivity index is 1.14. The number of hydrogen-bond acceptors (Lipinski definition) is 5. The third kappa shape index (κ3) is 5.01. The van der Waals surface area contributed by atoms with E-state index in [2.05, 4.69) is 40.0 Å². The number of benzene rings is 2. The van der Waals surface area contributed by atoms with Crippen LogP contribution in [0, 0.1) is 0 Å². The molecule has 1 atom stereocenters. The molecular formula is C22H27N4O4+. The zero-order valence-corrected chi connectivity index (χ0v) is 16.8. The van der Waals surface area contributed by atoms with E-state index in [0.29, 0.717) is 17.9 Å². The number of carbonyl (C=O) groups is 2. The summed E-state index contributed by atoms with van der Waals surface area (Å²) >= 11 is 0. The highest BCUT2D eigenvalue weighted by Crippen LogP contribution is 2.30. The molecule has 8 nitrogen and oxygen atoms in total. The van der Waals surface area contributed by atoms with Gasteiger partial charge >= 0.3 is 0 Å². The van der Waals surface area contributed by atoms with Crippen LogP contribution in [0.5, 0.6) is 11.5 Å². The first-order valence-electron chi connectivity index (χ1n) is 10.3. The number of hydrazine groups is 1. The van der Waals surface area contributed by atoms with Gasteiger partial charge in [0.2, 0.25) is 12.0 Å². The predicted molar refractivity (Wildman–Crippen MR) is 111 cm³/mol. The maximum atomic E-state index is 12.2. The number of carbonyl (C=O) groups excluding carboxylic acids is 2. The number of rotatable bonds is 5. The van der Waals surface area contributed by atoms with E-state index in [0.717, 1.165) is 32.7 Å². The molecule has 2 aromatic rings. The van der Waals surface area contributed by atoms with Gasteiger partial charge in [0, 0.05) is 5.69 Å². The Labute approximate surface area is 175 Å². The summed E-state index contributed by atoms with van der Waals surface area (Å²) in [5, 5.41) is 0. The van der Waals surface area contributed by atoms with Crippen LogP contribution in [-0.2, 0) is 9.59 Å². The minimum Gasteiger partial charge on any atom is -0.485 e. The van der Waals surface area contributed by atoms with Crippen molar-refractivity contribution in [2.75, 3.05) is 44.2 Å². The van der Waals surface area contributed by atoms with Crippen molar-refractivity contribution in [1.29, 1.82) is 0 Å². The third-order valence-corrected chi connectivity index (χ3v) is 5.42. The Kier molecular flexibility index (Phi) is 6.34. The lowest BCUT2D eigenvalue weighted by Crippen LogP contribution is -3.15. The minimum atomic E-state index is -0.795. The van der Waals surface area contributed by atoms with Crippen LogP contribution < -0.4 is 30.1 Å². The fourth-order valence-corrected chi connectivity index (χ4v) is 3.68. The molecule has 0 radical (unpaired) electrons. The smallest absolute Gasteiger partial charge is 0.283 e. The Morgan fingerprint density at radius 2 is 1.67 bits per heavy atom. The summed E-state index contributed by atoms with van der Waals surface area (Å²) in [6, 6.07) is 17.6. The maximum Gasteiger partial charge on any atom is 0.283 e. The number of anilines is 1. The summed E-state index contributed by atoms with van der Waals surface area (Å²) in [5.74, 6) is 0.495. The minimum absolute atomic E-state index is 0.106. The van der Waals surface area contributed by atoms with Gasteiger partial charge in [0.15, 0.2) is 11.5 Å². The number of nitrogens with one attached hydrogen (secondary N) is 3. The van der Waals surface area contributed by atoms with Crippen LogP contribution in [0.4, 0.5) is 5.69 Å². The molecule has 0 bridgehead atoms. The van der Waals surface area contributed by atoms with E-state index in [1.54, 1.807) is 12.1 Å². The van der Waals surface area contributed by atoms with E-state index in [9.17, 15) is 9.59 Å². The normalized spacial score (nSPS) is 18.5. The molecule has 2 aromatic carbocycles. The van der Waals surface area contributed by atoms with Crippen molar-refractivity contribution in [1.82, 2.24) is 10.9 Å². The van der Waals surface area contributed by atoms with Crippen molar-refractivity contribution in [2.45, 2.75) is 12.5 Å². The highest BCUT2D eigenvalue weighted by molar-refractivity contribution is 5.85. The second-order valence-corrected chi connectivity index (χ2v) is 7.47. The second kappa shape index (κ2) is 9.49. The van der Waals surface area contributed by atoms with Gasteiger partial charge in [-0.2, -0.15) is 0 Å². The molecule has 30 heavy (non-hydrogen) atoms. The van der Waals surface area contributed by atoms with Crippen LogP contribution >= 0.6 is 0 Å². The zero-order chi connectivity index (χ0) is 20.8. The van der Waals surface area contributed by atoms with Crippen LogP contribution in [0.3, 0.4) is 0 Å². The van der Waals surface area contributed by atoms with Gasteiger partial charge in [0.05, 0.1) is 39.1 Å². The molecule has 2 aliphatic rings. The van der Waals surface area contributed by atoms with Crippen molar-refractivity contribution in [3.63, 3.8) is 0 Å². The average Bonchev–Trinajstić information content (AvgIpc) is 2.81. The van der Waals surface area contributed by atoms with Crippen LogP contribution in [0.15, 0.2) is 54.6 Å². The molecule has 0 saturated carbocycles. The van der Waals surface area contributed by atoms with Crippen molar-refractivity contribution in [3.05, 3.63) is 54.6 Å². The number of fused-ring (bicyclic) bond motifs is 1. The first kappa shape index (κ1) is 20.0. The molecule has 2 aliphatic heterocycles. The fraction of sp³-hybridized carbons (Fsp3) is 0.364. The van der Waals surface area contributed by atoms with Crippen molar-refractivity contribution >= 4 is 17.5 Å². The third-order valence-electron chi connectivity index (χ3n) is 5.42. The highest BCUT2D eigenvalue weighted by atomic mass is 16.6. The van der Waals surface area contributed by atoms with Crippen LogP contribution in [-0.4, -0.2) is 57.2 Å². The molecule has 158 valence electrons. The molecule has 8 heteroatoms. The van der Waals surface area contributed by atoms with E-state index in [1.807, 2.05) is 18.2 Å². The summed E-state index contributed by atoms with van der Waals surface area (Å²) in [4.78, 5) is 28.1. The van der Waals surface area contributed by atoms with Crippen molar-refractivity contribution < 1.29 is 24.0 Å². The number of ether oxygens (including phenoxy) is 2. The Morgan fingerprint density at radius 1 is 0.967 bits per heavy atom. The highest BCUT2D eigenvalue weighted by Gasteiger charge is 2.27. The Morgan fingerprint density at radius 3 is 2.43 bits per heavy atom. The fourth-order valence-electron chi connectivity index (χ4n) is 3.68. The van der Waals surface area contributed by atoms with Gasteiger partial charge in [-0.3, -0.25) is 20.4 Å². The molecule has 0 aromatic heterocycles. The standard InChI is InChI=1S/C22H26N4O4/c27-21(10-11-25-12-14-26(15-13-25)17-6-2-1-3-7-17)23-24-22(28)20-16-29-18-8-4-5-9-19(18)30-20/h1-9,20H,10-16H2,(H,23,27)(H,24,28)/p+1/t20-/m1/s1. The van der Waals surface area contributed by atoms with Gasteiger partial charge in [-0.25, -0.2) is 0 Å². The molecular weight excluding hydrogens is 384 g/mol. The molecule has 1 fully saturated rings. The number of quaternary nitrogens is 1. The van der Waals surface area contributed by atoms with Gasteiger partial charge in [0.1, 0.15) is 6.61 Å². The van der Waals surface area contributed by atoms with Gasteiger partial charge in [-0.05, 0) is 24.3 Å². The summed E-state index contributed by atoms with van der Waals surface area (Å²) in [7, 11) is 0. The molecule has 1 saturated heterocycles. The first-order chi connectivity index (χ1) is 14.7. The van der Waals surface area contributed by atoms with Gasteiger partial charge in [-0.1, -0.05) is 30.3 Å². The molecule has 0 unspecified atom stereocenters. The summed E-state index contributed by atoms with van der Waals surface area (Å²) in [5.41, 5.74) is 6.16. The first-order valence-corrected chi connectivity index (χ1v) is 10.3. The summed E-state index contributed by atoms with van der Waals surface area (Å²) < 4.78 is 11.2. The molecule has 4 rings (SSSR count). The topological polar surface area (TPSA) is 84.3 Å². The van der Waals surface area contributed by atoms with Crippen LogP contribution in [0.25, 0.3) is 0 Å². The largest absolute Gasteiger partial charge is 0.485 e. The lowest BCUT2D eigenvalue weighted by atomic mass is 10.2. The van der Waals surface area contributed by atoms with Gasteiger partial charge in [0.25, 0.3) is 5.91 Å². The predicted octanol–water partition coefficient (Wildman–Crippen LogP) is -0.231. The zero-order valence-electron chi connectivity index (χ0n) is 16.8. The average molecular weight is 411 g/mol. The van der Waals surface area contributed by atoms with Crippen LogP contribution in [0.2, 0.25) is 0 Å². The number of amides is 2. The molecule has 2 amide bonds. The summed E-state index contributed by atoms with van der Waals surface area (Å²) in [6.07, 6.45) is -0.442. The number of piperazine rings is 1. The molecule has 0 aliphatic carbocycles. The second-order valence-electron chi connectivity index (χ2n) is 7.47. The lowest BCUT2D eigenvalue weighted by Gasteiger charge is -2.33. The van der Waals surface area contributed by atoms with Crippen molar-refractivity contribution in [2.24, 2.45) is 0 Å². The SMILES string of the molecule is O=C(CC[NH+]1CCN(c2ccccc2)CC1)NNC(=O)[C@H]1COc2ccccc2O1. The quantitative estimate of drug-likeness (QED) is 0.592. The monoisotopic (exact) mass is 411 g/mol. The molecule has 3 N–H and O–H groups in total. The van der Waals surface area contributed by atoms with E-state index in [1.165, 1.54) is 10.6 Å². The van der Waals surface area contributed by atoms with E-state index in [-0.39, 0.29) is 12.5 Å². The van der Waals surface area contributed by atoms with E-state index >= 15 is 0 Å². The lowest BCUT2D eigenvalue weighted by molar-refractivity contribution is -0.900. The molecule has 0 spiro atoms. The molecule has 2 heterocycles.